The Morgan fingerprint density at radius 1 is 1.43 bits per heavy atom. The maximum absolute atomic E-state index is 11.6. The van der Waals surface area contributed by atoms with Crippen LogP contribution < -0.4 is 5.32 Å². The van der Waals surface area contributed by atoms with Crippen molar-refractivity contribution in [3.8, 4) is 0 Å². The molecule has 23 heavy (non-hydrogen) atoms. The van der Waals surface area contributed by atoms with E-state index in [2.05, 4.69) is 10.3 Å². The zero-order valence-corrected chi connectivity index (χ0v) is 14.6. The molecule has 1 amide bonds. The molecule has 2 aromatic rings. The molecule has 1 heterocycles. The number of nitrogens with one attached hydrogen (secondary N) is 1. The van der Waals surface area contributed by atoms with Gasteiger partial charge in [-0.3, -0.25) is 0 Å². The van der Waals surface area contributed by atoms with Gasteiger partial charge >= 0.3 is 6.09 Å². The fraction of sp³-hybridized carbons (Fsp3) is 0.467. The van der Waals surface area contributed by atoms with Gasteiger partial charge in [-0.1, -0.05) is 17.7 Å². The Bertz CT molecular complexity index is 698. The molecule has 2 unspecified atom stereocenters. The number of hydrogen-bond donors (Lipinski definition) is 3. The number of thiazole rings is 1. The molecule has 0 saturated heterocycles. The number of nitrogens with zero attached hydrogens (tertiary/aromatic N) is 1. The molecule has 6 nitrogen and oxygen atoms in total. The molecule has 0 spiro atoms. The lowest BCUT2D eigenvalue weighted by molar-refractivity contribution is 0.0130. The van der Waals surface area contributed by atoms with Crippen LogP contribution in [0.4, 0.5) is 4.79 Å². The van der Waals surface area contributed by atoms with E-state index in [1.807, 2.05) is 0 Å². The first-order chi connectivity index (χ1) is 10.7. The Morgan fingerprint density at radius 2 is 2.13 bits per heavy atom. The third-order valence-corrected chi connectivity index (χ3v) is 4.07. The maximum atomic E-state index is 11.6. The number of fused-ring (bicyclic) bond motifs is 1. The normalized spacial score (nSPS) is 14.5. The van der Waals surface area contributed by atoms with Crippen LogP contribution in [0.2, 0.25) is 4.47 Å². The Morgan fingerprint density at radius 3 is 2.78 bits per heavy atom. The first-order valence-electron chi connectivity index (χ1n) is 7.05. The summed E-state index contributed by atoms with van der Waals surface area (Å²) in [6.07, 6.45) is -2.95. The number of benzene rings is 1. The fourth-order valence-electron chi connectivity index (χ4n) is 1.93. The summed E-state index contributed by atoms with van der Waals surface area (Å²) in [5, 5.41) is 22.7. The lowest BCUT2D eigenvalue weighted by Crippen LogP contribution is -2.38. The van der Waals surface area contributed by atoms with Gasteiger partial charge in [-0.05, 0) is 38.5 Å². The molecule has 0 radical (unpaired) electrons. The Balaban J connectivity index is 1.97. The molecule has 0 bridgehead atoms. The zero-order chi connectivity index (χ0) is 17.2. The monoisotopic (exact) mass is 358 g/mol. The molecule has 1 aromatic carbocycles. The summed E-state index contributed by atoms with van der Waals surface area (Å²) in [6, 6.07) is 5.12. The van der Waals surface area contributed by atoms with E-state index < -0.39 is 23.9 Å². The third kappa shape index (κ3) is 5.04. The van der Waals surface area contributed by atoms with Gasteiger partial charge in [0.05, 0.1) is 10.2 Å². The van der Waals surface area contributed by atoms with Crippen molar-refractivity contribution < 1.29 is 19.7 Å². The lowest BCUT2D eigenvalue weighted by atomic mass is 10.0. The van der Waals surface area contributed by atoms with Crippen molar-refractivity contribution in [1.82, 2.24) is 10.3 Å². The molecule has 1 aromatic heterocycles. The number of aliphatic hydroxyl groups is 2. The van der Waals surface area contributed by atoms with Crippen molar-refractivity contribution in [3.05, 3.63) is 28.2 Å². The average Bonchev–Trinajstić information content (AvgIpc) is 2.81. The highest BCUT2D eigenvalue weighted by Crippen LogP contribution is 2.29. The number of amides is 1. The van der Waals surface area contributed by atoms with E-state index in [0.717, 1.165) is 10.2 Å². The van der Waals surface area contributed by atoms with Crippen molar-refractivity contribution in [2.45, 2.75) is 38.6 Å². The predicted molar refractivity (Wildman–Crippen MR) is 89.8 cm³/mol. The maximum Gasteiger partial charge on any atom is 0.407 e. The number of carbonyl (C=O) groups is 1. The van der Waals surface area contributed by atoms with Crippen LogP contribution in [0.1, 0.15) is 32.4 Å². The fourth-order valence-corrected chi connectivity index (χ4v) is 3.01. The van der Waals surface area contributed by atoms with Gasteiger partial charge in [0.15, 0.2) is 4.47 Å². The molecule has 2 rings (SSSR count). The second-order valence-corrected chi connectivity index (χ2v) is 7.70. The largest absolute Gasteiger partial charge is 0.444 e. The summed E-state index contributed by atoms with van der Waals surface area (Å²) in [5.41, 5.74) is 0.637. The van der Waals surface area contributed by atoms with E-state index in [1.165, 1.54) is 11.3 Å². The van der Waals surface area contributed by atoms with Gasteiger partial charge in [-0.15, -0.1) is 11.3 Å². The number of halogens is 1. The van der Waals surface area contributed by atoms with Crippen molar-refractivity contribution in [2.75, 3.05) is 6.54 Å². The van der Waals surface area contributed by atoms with E-state index in [9.17, 15) is 15.0 Å². The van der Waals surface area contributed by atoms with Gasteiger partial charge in [0.1, 0.15) is 17.8 Å². The van der Waals surface area contributed by atoms with Crippen molar-refractivity contribution >= 4 is 39.2 Å². The van der Waals surface area contributed by atoms with E-state index in [-0.39, 0.29) is 6.54 Å². The zero-order valence-electron chi connectivity index (χ0n) is 13.0. The molecule has 0 aliphatic rings. The number of ether oxygens (including phenoxy) is 1. The summed E-state index contributed by atoms with van der Waals surface area (Å²) >= 11 is 7.14. The molecule has 3 N–H and O–H groups in total. The number of aromatic nitrogens is 1. The van der Waals surface area contributed by atoms with Crippen LogP contribution in [-0.4, -0.2) is 39.5 Å². The summed E-state index contributed by atoms with van der Waals surface area (Å²) in [4.78, 5) is 15.7. The molecule has 0 aliphatic heterocycles. The number of rotatable bonds is 4. The first-order valence-corrected chi connectivity index (χ1v) is 8.24. The van der Waals surface area contributed by atoms with E-state index >= 15 is 0 Å². The van der Waals surface area contributed by atoms with Crippen LogP contribution in [0.15, 0.2) is 18.2 Å². The van der Waals surface area contributed by atoms with Gasteiger partial charge in [-0.25, -0.2) is 9.78 Å². The van der Waals surface area contributed by atoms with Crippen LogP contribution in [0.25, 0.3) is 10.2 Å². The Kier molecular flexibility index (Phi) is 5.46. The van der Waals surface area contributed by atoms with Gasteiger partial charge < -0.3 is 20.3 Å². The van der Waals surface area contributed by atoms with Crippen LogP contribution in [0.5, 0.6) is 0 Å². The Labute approximate surface area is 143 Å². The van der Waals surface area contributed by atoms with Gasteiger partial charge in [0.25, 0.3) is 0 Å². The molecule has 0 saturated carbocycles. The minimum absolute atomic E-state index is 0.127. The van der Waals surface area contributed by atoms with E-state index in [0.29, 0.717) is 10.0 Å². The number of aliphatic hydroxyl groups excluding tert-OH is 2. The van der Waals surface area contributed by atoms with E-state index in [1.54, 1.807) is 39.0 Å². The SMILES string of the molecule is CC(C)(C)OC(=O)NCC(O)C(O)c1ccc2nc(Cl)sc2c1. The van der Waals surface area contributed by atoms with E-state index in [4.69, 9.17) is 16.3 Å². The predicted octanol–water partition coefficient (Wildman–Crippen LogP) is 2.87. The van der Waals surface area contributed by atoms with Crippen LogP contribution in [0, 0.1) is 0 Å². The highest BCUT2D eigenvalue weighted by molar-refractivity contribution is 7.22. The number of hydrogen-bond acceptors (Lipinski definition) is 6. The van der Waals surface area contributed by atoms with Crippen molar-refractivity contribution in [3.63, 3.8) is 0 Å². The van der Waals surface area contributed by atoms with Gasteiger partial charge in [0.2, 0.25) is 0 Å². The molecule has 8 heteroatoms. The smallest absolute Gasteiger partial charge is 0.407 e. The Hall–Kier alpha value is -1.41. The number of alkyl carbamates (subject to hydrolysis) is 1. The molecule has 2 atom stereocenters. The topological polar surface area (TPSA) is 91.7 Å². The minimum atomic E-state index is -1.16. The highest BCUT2D eigenvalue weighted by atomic mass is 35.5. The summed E-state index contributed by atoms with van der Waals surface area (Å²) < 4.78 is 6.30. The van der Waals surface area contributed by atoms with Gasteiger partial charge in [-0.2, -0.15) is 0 Å². The summed E-state index contributed by atoms with van der Waals surface area (Å²) in [6.45, 7) is 5.10. The lowest BCUT2D eigenvalue weighted by Gasteiger charge is -2.22. The molecular weight excluding hydrogens is 340 g/mol. The summed E-state index contributed by atoms with van der Waals surface area (Å²) in [7, 11) is 0. The quantitative estimate of drug-likeness (QED) is 0.781. The van der Waals surface area contributed by atoms with Gasteiger partial charge in [0, 0.05) is 6.54 Å². The number of carbonyl (C=O) groups excluding carboxylic acids is 1. The van der Waals surface area contributed by atoms with Crippen molar-refractivity contribution in [1.29, 1.82) is 0 Å². The first kappa shape index (κ1) is 17.9. The highest BCUT2D eigenvalue weighted by Gasteiger charge is 2.22. The molecule has 126 valence electrons. The standard InChI is InChI=1S/C15H19ClN2O4S/c1-15(2,3)22-14(21)17-7-10(19)12(20)8-4-5-9-11(6-8)23-13(16)18-9/h4-6,10,12,19-20H,7H2,1-3H3,(H,17,21). The van der Waals surface area contributed by atoms with Crippen LogP contribution in [-0.2, 0) is 4.74 Å². The third-order valence-electron chi connectivity index (χ3n) is 2.95. The van der Waals surface area contributed by atoms with Crippen LogP contribution >= 0.6 is 22.9 Å². The minimum Gasteiger partial charge on any atom is -0.444 e. The average molecular weight is 359 g/mol. The molecule has 0 aliphatic carbocycles. The second-order valence-electron chi connectivity index (χ2n) is 6.09. The summed E-state index contributed by atoms with van der Waals surface area (Å²) in [5.74, 6) is 0. The van der Waals surface area contributed by atoms with Crippen LogP contribution in [0.3, 0.4) is 0 Å². The second kappa shape index (κ2) is 7.00. The van der Waals surface area contributed by atoms with Crippen molar-refractivity contribution in [2.24, 2.45) is 0 Å². The molecular formula is C15H19ClN2O4S. The molecule has 0 fully saturated rings.